The molecule has 0 unspecified atom stereocenters. The predicted octanol–water partition coefficient (Wildman–Crippen LogP) is 7.35. The van der Waals surface area contributed by atoms with Crippen LogP contribution in [0.1, 0.15) is 26.3 Å². The molecule has 0 aliphatic carbocycles. The lowest BCUT2D eigenvalue weighted by atomic mass is 10.0. The highest BCUT2D eigenvalue weighted by Gasteiger charge is 2.18. The molecule has 4 rings (SSSR count). The minimum atomic E-state index is -0.248. The zero-order valence-electron chi connectivity index (χ0n) is 20.4. The first-order valence-electron chi connectivity index (χ1n) is 11.2. The van der Waals surface area contributed by atoms with Crippen LogP contribution < -0.4 is 19.5 Å². The molecule has 0 saturated carbocycles. The van der Waals surface area contributed by atoms with Crippen molar-refractivity contribution in [1.29, 1.82) is 0 Å². The number of anilines is 1. The summed E-state index contributed by atoms with van der Waals surface area (Å²) in [7, 11) is 4.61. The summed E-state index contributed by atoms with van der Waals surface area (Å²) < 4.78 is 17.0. The third-order valence-electron chi connectivity index (χ3n) is 5.60. The number of rotatable bonds is 9. The Labute approximate surface area is 227 Å². The highest BCUT2D eigenvalue weighted by molar-refractivity contribution is 9.10. The molecule has 1 amide bonds. The summed E-state index contributed by atoms with van der Waals surface area (Å²) in [6.45, 7) is 0. The van der Waals surface area contributed by atoms with Crippen molar-refractivity contribution in [2.24, 2.45) is 0 Å². The van der Waals surface area contributed by atoms with Crippen LogP contribution in [-0.2, 0) is 0 Å². The van der Waals surface area contributed by atoms with Crippen molar-refractivity contribution >= 4 is 50.7 Å². The van der Waals surface area contributed by atoms with E-state index >= 15 is 0 Å². The average Bonchev–Trinajstić information content (AvgIpc) is 3.47. The normalized spacial score (nSPS) is 10.8. The molecule has 0 saturated heterocycles. The van der Waals surface area contributed by atoms with E-state index in [9.17, 15) is 9.59 Å². The van der Waals surface area contributed by atoms with Crippen molar-refractivity contribution in [3.63, 3.8) is 0 Å². The molecule has 6 nitrogen and oxygen atoms in total. The number of ketones is 1. The number of carbonyl (C=O) groups excluding carboxylic acids is 2. The molecule has 0 radical (unpaired) electrons. The molecule has 0 aliphatic heterocycles. The van der Waals surface area contributed by atoms with Crippen molar-refractivity contribution in [1.82, 2.24) is 0 Å². The summed E-state index contributed by atoms with van der Waals surface area (Å²) in [5.74, 6) is 1.02. The Morgan fingerprint density at radius 2 is 1.68 bits per heavy atom. The van der Waals surface area contributed by atoms with E-state index in [-0.39, 0.29) is 11.7 Å². The standard InChI is InChI=1S/C29H24BrNO5S/c1-34-24-17-25(35-2)27(30)28(36-3)22(24)13-14-23(32)18-8-6-9-19(16-18)31-29(33)21-11-5-4-10-20(21)26-12-7-15-37-26/h4-17H,1-3H3,(H,31,33)/b14-13+. The summed E-state index contributed by atoms with van der Waals surface area (Å²) in [6, 6.07) is 19.9. The second-order valence-corrected chi connectivity index (χ2v) is 9.54. The van der Waals surface area contributed by atoms with Gasteiger partial charge in [0.15, 0.2) is 5.78 Å². The van der Waals surface area contributed by atoms with Crippen molar-refractivity contribution in [2.75, 3.05) is 26.6 Å². The van der Waals surface area contributed by atoms with Gasteiger partial charge >= 0.3 is 0 Å². The van der Waals surface area contributed by atoms with Crippen LogP contribution in [0.5, 0.6) is 17.2 Å². The number of hydrogen-bond acceptors (Lipinski definition) is 6. The maximum Gasteiger partial charge on any atom is 0.256 e. The number of carbonyl (C=O) groups is 2. The van der Waals surface area contributed by atoms with E-state index in [0.29, 0.717) is 44.1 Å². The number of allylic oxidation sites excluding steroid dienone is 1. The molecule has 8 heteroatoms. The summed E-state index contributed by atoms with van der Waals surface area (Å²) >= 11 is 5.04. The molecule has 0 bridgehead atoms. The third-order valence-corrected chi connectivity index (χ3v) is 7.25. The lowest BCUT2D eigenvalue weighted by Crippen LogP contribution is -2.13. The monoisotopic (exact) mass is 577 g/mol. The van der Waals surface area contributed by atoms with E-state index in [1.165, 1.54) is 20.3 Å². The van der Waals surface area contributed by atoms with Crippen LogP contribution in [0.15, 0.2) is 82.7 Å². The van der Waals surface area contributed by atoms with Crippen LogP contribution in [0, 0.1) is 0 Å². The summed E-state index contributed by atoms with van der Waals surface area (Å²) in [4.78, 5) is 27.1. The van der Waals surface area contributed by atoms with Gasteiger partial charge in [0.2, 0.25) is 0 Å². The van der Waals surface area contributed by atoms with Gasteiger partial charge in [-0.15, -0.1) is 11.3 Å². The lowest BCUT2D eigenvalue weighted by molar-refractivity contribution is 0.102. The van der Waals surface area contributed by atoms with Gasteiger partial charge in [-0.1, -0.05) is 36.4 Å². The molecule has 1 aromatic heterocycles. The number of amides is 1. The smallest absolute Gasteiger partial charge is 0.256 e. The highest BCUT2D eigenvalue weighted by Crippen LogP contribution is 2.43. The van der Waals surface area contributed by atoms with Gasteiger partial charge in [0.1, 0.15) is 21.7 Å². The molecular weight excluding hydrogens is 554 g/mol. The topological polar surface area (TPSA) is 73.9 Å². The fraction of sp³-hybridized carbons (Fsp3) is 0.103. The van der Waals surface area contributed by atoms with Crippen LogP contribution in [0.4, 0.5) is 5.69 Å². The minimum absolute atomic E-state index is 0.244. The molecule has 4 aromatic rings. The second-order valence-electron chi connectivity index (χ2n) is 7.80. The molecule has 37 heavy (non-hydrogen) atoms. The van der Waals surface area contributed by atoms with Gasteiger partial charge in [-0.05, 0) is 57.7 Å². The molecule has 0 spiro atoms. The zero-order chi connectivity index (χ0) is 26.4. The van der Waals surface area contributed by atoms with Gasteiger partial charge in [-0.2, -0.15) is 0 Å². The molecule has 3 aromatic carbocycles. The van der Waals surface area contributed by atoms with E-state index in [0.717, 1.165) is 10.4 Å². The van der Waals surface area contributed by atoms with E-state index in [4.69, 9.17) is 14.2 Å². The van der Waals surface area contributed by atoms with Crippen molar-refractivity contribution < 1.29 is 23.8 Å². The van der Waals surface area contributed by atoms with Gasteiger partial charge in [0.25, 0.3) is 5.91 Å². The Morgan fingerprint density at radius 1 is 0.892 bits per heavy atom. The average molecular weight is 578 g/mol. The van der Waals surface area contributed by atoms with Crippen LogP contribution in [0.2, 0.25) is 0 Å². The number of thiophene rings is 1. The number of ether oxygens (including phenoxy) is 3. The number of halogens is 1. The molecule has 0 atom stereocenters. The van der Waals surface area contributed by atoms with Gasteiger partial charge in [-0.3, -0.25) is 9.59 Å². The van der Waals surface area contributed by atoms with Crippen LogP contribution in [-0.4, -0.2) is 33.0 Å². The Hall–Kier alpha value is -3.88. The van der Waals surface area contributed by atoms with E-state index < -0.39 is 0 Å². The van der Waals surface area contributed by atoms with Gasteiger partial charge in [-0.25, -0.2) is 0 Å². The number of nitrogens with one attached hydrogen (secondary N) is 1. The van der Waals surface area contributed by atoms with Crippen LogP contribution >= 0.6 is 27.3 Å². The second kappa shape index (κ2) is 11.9. The first-order valence-corrected chi connectivity index (χ1v) is 12.9. The molecule has 0 fully saturated rings. The fourth-order valence-electron chi connectivity index (χ4n) is 3.81. The van der Waals surface area contributed by atoms with Gasteiger partial charge in [0.05, 0.1) is 26.9 Å². The van der Waals surface area contributed by atoms with Crippen molar-refractivity contribution in [3.8, 4) is 27.7 Å². The van der Waals surface area contributed by atoms with Crippen LogP contribution in [0.3, 0.4) is 0 Å². The third kappa shape index (κ3) is 5.76. The van der Waals surface area contributed by atoms with Crippen LogP contribution in [0.25, 0.3) is 16.5 Å². The maximum atomic E-state index is 13.1. The first kappa shape index (κ1) is 26.2. The Bertz CT molecular complexity index is 1460. The Morgan fingerprint density at radius 3 is 2.38 bits per heavy atom. The SMILES string of the molecule is COc1cc(OC)c(/C=C/C(=O)c2cccc(NC(=O)c3ccccc3-c3cccs3)c2)c(OC)c1Br. The lowest BCUT2D eigenvalue weighted by Gasteiger charge is -2.15. The minimum Gasteiger partial charge on any atom is -0.496 e. The largest absolute Gasteiger partial charge is 0.496 e. The van der Waals surface area contributed by atoms with Crippen molar-refractivity contribution in [2.45, 2.75) is 0 Å². The molecular formula is C29H24BrNO5S. The highest BCUT2D eigenvalue weighted by atomic mass is 79.9. The number of methoxy groups -OCH3 is 3. The van der Waals surface area contributed by atoms with E-state index in [1.807, 2.05) is 35.7 Å². The summed E-state index contributed by atoms with van der Waals surface area (Å²) in [6.07, 6.45) is 3.07. The van der Waals surface area contributed by atoms with Gasteiger partial charge in [0, 0.05) is 33.3 Å². The van der Waals surface area contributed by atoms with E-state index in [2.05, 4.69) is 21.2 Å². The Kier molecular flexibility index (Phi) is 8.43. The molecule has 1 N–H and O–H groups in total. The van der Waals surface area contributed by atoms with Gasteiger partial charge < -0.3 is 19.5 Å². The number of benzene rings is 3. The predicted molar refractivity (Wildman–Crippen MR) is 151 cm³/mol. The summed E-state index contributed by atoms with van der Waals surface area (Å²) in [5.41, 5.74) is 2.95. The zero-order valence-corrected chi connectivity index (χ0v) is 22.8. The molecule has 1 heterocycles. The van der Waals surface area contributed by atoms with E-state index in [1.54, 1.807) is 60.9 Å². The quantitative estimate of drug-likeness (QED) is 0.166. The summed E-state index contributed by atoms with van der Waals surface area (Å²) in [5, 5.41) is 4.89. The Balaban J connectivity index is 1.57. The first-order chi connectivity index (χ1) is 18.0. The molecule has 0 aliphatic rings. The fourth-order valence-corrected chi connectivity index (χ4v) is 5.23. The van der Waals surface area contributed by atoms with Crippen molar-refractivity contribution in [3.05, 3.63) is 99.3 Å². The number of hydrogen-bond donors (Lipinski definition) is 1. The molecule has 188 valence electrons. The maximum absolute atomic E-state index is 13.1.